The Kier molecular flexibility index (Phi) is 8.34. The molecule has 0 fully saturated rings. The van der Waals surface area contributed by atoms with Crippen LogP contribution in [-0.2, 0) is 26.7 Å². The number of benzene rings is 4. The molecule has 0 spiro atoms. The largest absolute Gasteiger partial charge is 2.00 e. The molecular formula is C39H30N8Pt. The average Bonchev–Trinajstić information content (AvgIpc) is 3.95. The summed E-state index contributed by atoms with van der Waals surface area (Å²) in [5.74, 6) is 1.31. The molecule has 48 heavy (non-hydrogen) atoms. The summed E-state index contributed by atoms with van der Waals surface area (Å²) in [6.45, 7) is 4.23. The van der Waals surface area contributed by atoms with Crippen molar-refractivity contribution in [3.8, 4) is 56.7 Å². The van der Waals surface area contributed by atoms with E-state index in [-0.39, 0.29) is 21.1 Å². The molecule has 9 heteroatoms. The minimum atomic E-state index is -0.780. The van der Waals surface area contributed by atoms with Crippen LogP contribution in [0.3, 0.4) is 0 Å². The Labute approximate surface area is 293 Å². The quantitative estimate of drug-likeness (QED) is 0.146. The maximum absolute atomic E-state index is 5.17. The zero-order chi connectivity index (χ0) is 31.8. The second kappa shape index (κ2) is 12.9. The van der Waals surface area contributed by atoms with Gasteiger partial charge in [0, 0.05) is 0 Å². The van der Waals surface area contributed by atoms with E-state index in [4.69, 9.17) is 20.4 Å². The van der Waals surface area contributed by atoms with Crippen LogP contribution in [0.25, 0.3) is 56.7 Å². The summed E-state index contributed by atoms with van der Waals surface area (Å²) < 4.78 is 7.44. The van der Waals surface area contributed by atoms with Gasteiger partial charge < -0.3 is 9.36 Å². The van der Waals surface area contributed by atoms with Gasteiger partial charge in [-0.25, -0.2) is 19.6 Å². The van der Waals surface area contributed by atoms with Gasteiger partial charge in [0.15, 0.2) is 0 Å². The van der Waals surface area contributed by atoms with Crippen LogP contribution < -0.4 is 0 Å². The molecule has 4 heterocycles. The molecule has 0 aliphatic heterocycles. The fourth-order valence-electron chi connectivity index (χ4n) is 5.81. The third-order valence-corrected chi connectivity index (χ3v) is 8.20. The third kappa shape index (κ3) is 5.76. The number of hydrogen-bond donors (Lipinski definition) is 0. The number of hydrogen-bond acceptors (Lipinski definition) is 4. The SMILES string of the molecule is CC(C)(n1nc(-n2[c-]cc(-c3ccccc3)n2)cc1-c1ccccc1)n1nc(-n2[c-]cc(-c3ccccc3)n2)cc1-c1ccccc1.[Pt+2]. The van der Waals surface area contributed by atoms with E-state index in [1.165, 1.54) is 0 Å². The summed E-state index contributed by atoms with van der Waals surface area (Å²) in [5.41, 5.74) is 6.81. The predicted octanol–water partition coefficient (Wildman–Crippen LogP) is 7.96. The van der Waals surface area contributed by atoms with Crippen LogP contribution in [0.4, 0.5) is 0 Å². The smallest absolute Gasteiger partial charge is 0.342 e. The Hall–Kier alpha value is -5.59. The van der Waals surface area contributed by atoms with Crippen molar-refractivity contribution in [3.63, 3.8) is 0 Å². The Morgan fingerprint density at radius 3 is 1.15 bits per heavy atom. The molecule has 0 unspecified atom stereocenters. The maximum atomic E-state index is 5.17. The van der Waals surface area contributed by atoms with Crippen molar-refractivity contribution in [2.45, 2.75) is 19.5 Å². The van der Waals surface area contributed by atoms with E-state index in [0.29, 0.717) is 11.6 Å². The Morgan fingerprint density at radius 2 is 0.792 bits per heavy atom. The fourth-order valence-corrected chi connectivity index (χ4v) is 5.81. The van der Waals surface area contributed by atoms with Gasteiger partial charge in [-0.2, -0.15) is 0 Å². The van der Waals surface area contributed by atoms with E-state index < -0.39 is 5.66 Å². The zero-order valence-electron chi connectivity index (χ0n) is 26.3. The zero-order valence-corrected chi connectivity index (χ0v) is 28.5. The molecule has 0 atom stereocenters. The van der Waals surface area contributed by atoms with Gasteiger partial charge in [-0.1, -0.05) is 145 Å². The molecule has 0 aliphatic rings. The van der Waals surface area contributed by atoms with Gasteiger partial charge in [0.2, 0.25) is 0 Å². The monoisotopic (exact) mass is 805 g/mol. The first-order valence-corrected chi connectivity index (χ1v) is 15.4. The summed E-state index contributed by atoms with van der Waals surface area (Å²) in [4.78, 5) is 0. The molecule has 0 amide bonds. The third-order valence-electron chi connectivity index (χ3n) is 8.20. The van der Waals surface area contributed by atoms with E-state index in [1.54, 1.807) is 9.36 Å². The first-order chi connectivity index (χ1) is 23.0. The van der Waals surface area contributed by atoms with E-state index >= 15 is 0 Å². The first kappa shape index (κ1) is 31.0. The first-order valence-electron chi connectivity index (χ1n) is 15.4. The van der Waals surface area contributed by atoms with Crippen molar-refractivity contribution in [2.24, 2.45) is 0 Å². The Morgan fingerprint density at radius 1 is 0.458 bits per heavy atom. The standard InChI is InChI=1S/C39H30N8.Pt/c1-39(2,46-35(31-19-11-5-12-20-31)27-37(42-46)44-25-23-33(40-44)29-15-7-3-8-16-29)47-36(32-21-13-6-14-22-32)28-38(43-47)45-26-24-34(41-45)30-17-9-4-10-18-30;/h3-24,27-28H,1-2H3;/q-2;+2. The predicted molar refractivity (Wildman–Crippen MR) is 183 cm³/mol. The minimum absolute atomic E-state index is 0. The van der Waals surface area contributed by atoms with Crippen molar-refractivity contribution >= 4 is 0 Å². The van der Waals surface area contributed by atoms with E-state index in [9.17, 15) is 0 Å². The molecule has 236 valence electrons. The summed E-state index contributed by atoms with van der Waals surface area (Å²) in [6, 6.07) is 48.6. The van der Waals surface area contributed by atoms with Crippen molar-refractivity contribution in [1.82, 2.24) is 39.1 Å². The molecule has 0 aliphatic carbocycles. The van der Waals surface area contributed by atoms with Crippen LogP contribution in [0, 0.1) is 12.4 Å². The van der Waals surface area contributed by atoms with Gasteiger partial charge in [-0.05, 0) is 48.5 Å². The molecule has 8 nitrogen and oxygen atoms in total. The van der Waals surface area contributed by atoms with Crippen LogP contribution in [0.15, 0.2) is 146 Å². The Balaban J connectivity index is 0.00000364. The van der Waals surface area contributed by atoms with Gasteiger partial charge >= 0.3 is 21.1 Å². The van der Waals surface area contributed by atoms with Crippen LogP contribution in [0.2, 0.25) is 0 Å². The normalized spacial score (nSPS) is 11.4. The maximum Gasteiger partial charge on any atom is 2.00 e. The average molecular weight is 806 g/mol. The molecule has 0 radical (unpaired) electrons. The summed E-state index contributed by atoms with van der Waals surface area (Å²) in [5, 5.41) is 20.0. The van der Waals surface area contributed by atoms with Crippen LogP contribution in [-0.4, -0.2) is 39.1 Å². The molecule has 8 aromatic rings. The van der Waals surface area contributed by atoms with Crippen LogP contribution >= 0.6 is 0 Å². The van der Waals surface area contributed by atoms with Gasteiger partial charge in [0.25, 0.3) is 0 Å². The van der Waals surface area contributed by atoms with E-state index in [2.05, 4.69) is 62.6 Å². The van der Waals surface area contributed by atoms with Gasteiger partial charge in [0.1, 0.15) is 5.66 Å². The molecule has 4 aromatic carbocycles. The molecule has 0 saturated heterocycles. The molecule has 0 N–H and O–H groups in total. The molecule has 0 saturated carbocycles. The molecule has 4 aromatic heterocycles. The fraction of sp³-hybridized carbons (Fsp3) is 0.0769. The van der Waals surface area contributed by atoms with Crippen molar-refractivity contribution in [3.05, 3.63) is 158 Å². The van der Waals surface area contributed by atoms with E-state index in [0.717, 1.165) is 45.0 Å². The second-order valence-corrected chi connectivity index (χ2v) is 11.7. The van der Waals surface area contributed by atoms with Crippen LogP contribution in [0.1, 0.15) is 13.8 Å². The van der Waals surface area contributed by atoms with Gasteiger partial charge in [0.05, 0.1) is 23.0 Å². The van der Waals surface area contributed by atoms with Gasteiger partial charge in [-0.3, -0.25) is 10.2 Å². The van der Waals surface area contributed by atoms with Crippen LogP contribution in [0.5, 0.6) is 0 Å². The summed E-state index contributed by atoms with van der Waals surface area (Å²) in [6.07, 6.45) is 6.55. The molecule has 8 rings (SSSR count). The minimum Gasteiger partial charge on any atom is -0.342 e. The topological polar surface area (TPSA) is 71.3 Å². The molecule has 0 bridgehead atoms. The van der Waals surface area contributed by atoms with E-state index in [1.807, 2.05) is 119 Å². The van der Waals surface area contributed by atoms with Gasteiger partial charge in [-0.15, -0.1) is 12.1 Å². The van der Waals surface area contributed by atoms with Crippen molar-refractivity contribution < 1.29 is 21.1 Å². The number of nitrogens with zero attached hydrogens (tertiary/aromatic N) is 8. The number of rotatable bonds is 8. The van der Waals surface area contributed by atoms with Crippen molar-refractivity contribution in [1.29, 1.82) is 0 Å². The summed E-state index contributed by atoms with van der Waals surface area (Å²) >= 11 is 0. The molecular weight excluding hydrogens is 776 g/mol. The Bertz CT molecular complexity index is 2100. The second-order valence-electron chi connectivity index (χ2n) is 11.7. The number of aromatic nitrogens is 8. The van der Waals surface area contributed by atoms with Crippen molar-refractivity contribution in [2.75, 3.05) is 0 Å². The summed E-state index contributed by atoms with van der Waals surface area (Å²) in [7, 11) is 0.